The van der Waals surface area contributed by atoms with E-state index in [9.17, 15) is 9.59 Å². The van der Waals surface area contributed by atoms with Gasteiger partial charge in [-0.1, -0.05) is 19.1 Å². The molecule has 0 aromatic heterocycles. The molecule has 23 heavy (non-hydrogen) atoms. The Labute approximate surface area is 137 Å². The number of hydrogen-bond acceptors (Lipinski definition) is 3. The maximum Gasteiger partial charge on any atom is 0.228 e. The van der Waals surface area contributed by atoms with E-state index in [4.69, 9.17) is 0 Å². The molecule has 0 N–H and O–H groups in total. The molecule has 1 aromatic rings. The molecule has 5 heteroatoms. The molecule has 0 spiro atoms. The summed E-state index contributed by atoms with van der Waals surface area (Å²) in [5.74, 6) is -0.00221. The van der Waals surface area contributed by atoms with Gasteiger partial charge in [-0.2, -0.15) is 0 Å². The molecular weight excluding hydrogens is 290 g/mol. The largest absolute Gasteiger partial charge is 0.340 e. The number of likely N-dealkylation sites (N-methyl/N-ethyl adjacent to an activating group) is 1. The molecule has 2 amide bonds. The van der Waals surface area contributed by atoms with Crippen LogP contribution in [-0.2, 0) is 16.0 Å². The van der Waals surface area contributed by atoms with Crippen molar-refractivity contribution in [3.8, 4) is 0 Å². The third-order valence-electron chi connectivity index (χ3n) is 4.95. The zero-order valence-electron chi connectivity index (χ0n) is 14.0. The molecular formula is C18H25N3O2. The third-order valence-corrected chi connectivity index (χ3v) is 4.95. The van der Waals surface area contributed by atoms with E-state index < -0.39 is 0 Å². The number of carbonyl (C=O) groups excluding carboxylic acids is 2. The zero-order chi connectivity index (χ0) is 16.4. The zero-order valence-corrected chi connectivity index (χ0v) is 14.0. The number of nitrogens with zero attached hydrogens (tertiary/aromatic N) is 3. The van der Waals surface area contributed by atoms with Gasteiger partial charge in [0.1, 0.15) is 0 Å². The predicted molar refractivity (Wildman–Crippen MR) is 90.4 cm³/mol. The first-order chi connectivity index (χ1) is 11.1. The number of carbonyl (C=O) groups is 2. The highest BCUT2D eigenvalue weighted by atomic mass is 16.2. The number of amides is 2. The number of aryl methyl sites for hydroxylation is 1. The van der Waals surface area contributed by atoms with Crippen molar-refractivity contribution in [3.63, 3.8) is 0 Å². The Kier molecular flexibility index (Phi) is 4.66. The van der Waals surface area contributed by atoms with Crippen LogP contribution < -0.4 is 4.90 Å². The van der Waals surface area contributed by atoms with Crippen LogP contribution in [0.25, 0.3) is 0 Å². The van der Waals surface area contributed by atoms with Crippen molar-refractivity contribution in [1.29, 1.82) is 0 Å². The summed E-state index contributed by atoms with van der Waals surface area (Å²) in [6.45, 7) is 5.98. The Balaban J connectivity index is 1.65. The topological polar surface area (TPSA) is 43.9 Å². The van der Waals surface area contributed by atoms with Crippen molar-refractivity contribution in [3.05, 3.63) is 29.8 Å². The van der Waals surface area contributed by atoms with Crippen LogP contribution in [0.4, 0.5) is 5.69 Å². The van der Waals surface area contributed by atoms with Crippen molar-refractivity contribution in [2.75, 3.05) is 44.7 Å². The second-order valence-electron chi connectivity index (χ2n) is 6.55. The molecule has 0 bridgehead atoms. The smallest absolute Gasteiger partial charge is 0.228 e. The third kappa shape index (κ3) is 3.39. The Morgan fingerprint density at radius 2 is 1.78 bits per heavy atom. The quantitative estimate of drug-likeness (QED) is 0.846. The highest BCUT2D eigenvalue weighted by Crippen LogP contribution is 2.27. The van der Waals surface area contributed by atoms with E-state index in [1.807, 2.05) is 17.0 Å². The number of piperazine rings is 1. The van der Waals surface area contributed by atoms with Gasteiger partial charge in [-0.05, 0) is 31.2 Å². The summed E-state index contributed by atoms with van der Waals surface area (Å²) < 4.78 is 0. The van der Waals surface area contributed by atoms with Crippen LogP contribution in [0.5, 0.6) is 0 Å². The van der Waals surface area contributed by atoms with Gasteiger partial charge in [0.05, 0.1) is 5.92 Å². The lowest BCUT2D eigenvalue weighted by molar-refractivity contribution is -0.137. The SMILES string of the molecule is CCc1ccc(N2C[C@@H](C(=O)N3CCN(C)CC3)CC2=O)cc1. The van der Waals surface area contributed by atoms with Crippen molar-refractivity contribution >= 4 is 17.5 Å². The minimum absolute atomic E-state index is 0.0572. The van der Waals surface area contributed by atoms with Gasteiger partial charge in [0.15, 0.2) is 0 Å². The summed E-state index contributed by atoms with van der Waals surface area (Å²) in [5, 5.41) is 0. The summed E-state index contributed by atoms with van der Waals surface area (Å²) in [5.41, 5.74) is 2.16. The number of benzene rings is 1. The van der Waals surface area contributed by atoms with Crippen LogP contribution in [0.3, 0.4) is 0 Å². The van der Waals surface area contributed by atoms with Crippen molar-refractivity contribution in [2.24, 2.45) is 5.92 Å². The maximum atomic E-state index is 12.7. The Bertz CT molecular complexity index is 576. The van der Waals surface area contributed by atoms with Gasteiger partial charge in [-0.3, -0.25) is 9.59 Å². The second-order valence-corrected chi connectivity index (χ2v) is 6.55. The molecule has 2 aliphatic rings. The standard InChI is InChI=1S/C18H25N3O2/c1-3-14-4-6-16(7-5-14)21-13-15(12-17(21)22)18(23)20-10-8-19(2)9-11-20/h4-7,15H,3,8-13H2,1-2H3/t15-/m0/s1. The van der Waals surface area contributed by atoms with Gasteiger partial charge in [0.25, 0.3) is 0 Å². The first kappa shape index (κ1) is 16.0. The van der Waals surface area contributed by atoms with Crippen molar-refractivity contribution in [2.45, 2.75) is 19.8 Å². The second kappa shape index (κ2) is 6.71. The minimum atomic E-state index is -0.197. The van der Waals surface area contributed by atoms with E-state index in [0.717, 1.165) is 38.3 Å². The van der Waals surface area contributed by atoms with E-state index in [-0.39, 0.29) is 17.7 Å². The number of hydrogen-bond donors (Lipinski definition) is 0. The average molecular weight is 315 g/mol. The molecule has 1 atom stereocenters. The number of anilines is 1. The van der Waals surface area contributed by atoms with E-state index in [0.29, 0.717) is 13.0 Å². The molecule has 1 aromatic carbocycles. The van der Waals surface area contributed by atoms with Gasteiger partial charge in [0, 0.05) is 44.8 Å². The summed E-state index contributed by atoms with van der Waals surface area (Å²) in [7, 11) is 2.07. The molecule has 2 saturated heterocycles. The lowest BCUT2D eigenvalue weighted by Gasteiger charge is -2.33. The lowest BCUT2D eigenvalue weighted by atomic mass is 10.1. The molecule has 3 rings (SSSR count). The fourth-order valence-electron chi connectivity index (χ4n) is 3.32. The van der Waals surface area contributed by atoms with Crippen molar-refractivity contribution < 1.29 is 9.59 Å². The van der Waals surface area contributed by atoms with Gasteiger partial charge < -0.3 is 14.7 Å². The first-order valence-electron chi connectivity index (χ1n) is 8.45. The van der Waals surface area contributed by atoms with Crippen LogP contribution in [0, 0.1) is 5.92 Å². The highest BCUT2D eigenvalue weighted by Gasteiger charge is 2.37. The summed E-state index contributed by atoms with van der Waals surface area (Å²) >= 11 is 0. The molecule has 2 fully saturated rings. The number of rotatable bonds is 3. The van der Waals surface area contributed by atoms with Crippen LogP contribution in [0.2, 0.25) is 0 Å². The summed E-state index contributed by atoms with van der Waals surface area (Å²) in [6, 6.07) is 8.08. The molecule has 0 unspecified atom stereocenters. The Morgan fingerprint density at radius 3 is 2.39 bits per heavy atom. The highest BCUT2D eigenvalue weighted by molar-refractivity contribution is 6.00. The van der Waals surface area contributed by atoms with E-state index in [1.54, 1.807) is 4.90 Å². The van der Waals surface area contributed by atoms with Gasteiger partial charge in [0.2, 0.25) is 11.8 Å². The normalized spacial score (nSPS) is 22.7. The van der Waals surface area contributed by atoms with E-state index >= 15 is 0 Å². The summed E-state index contributed by atoms with van der Waals surface area (Å²) in [6.07, 6.45) is 1.32. The average Bonchev–Trinajstić information content (AvgIpc) is 2.97. The lowest BCUT2D eigenvalue weighted by Crippen LogP contribution is -2.49. The molecule has 0 aliphatic carbocycles. The van der Waals surface area contributed by atoms with Crippen LogP contribution >= 0.6 is 0 Å². The molecule has 0 saturated carbocycles. The van der Waals surface area contributed by atoms with Crippen LogP contribution in [0.15, 0.2) is 24.3 Å². The molecule has 2 aliphatic heterocycles. The Hall–Kier alpha value is -1.88. The monoisotopic (exact) mass is 315 g/mol. The fourth-order valence-corrected chi connectivity index (χ4v) is 3.32. The summed E-state index contributed by atoms with van der Waals surface area (Å²) in [4.78, 5) is 30.9. The maximum absolute atomic E-state index is 12.7. The van der Waals surface area contributed by atoms with E-state index in [2.05, 4.69) is 31.0 Å². The minimum Gasteiger partial charge on any atom is -0.340 e. The predicted octanol–water partition coefficient (Wildman–Crippen LogP) is 1.38. The Morgan fingerprint density at radius 1 is 1.13 bits per heavy atom. The first-order valence-corrected chi connectivity index (χ1v) is 8.45. The van der Waals surface area contributed by atoms with Gasteiger partial charge in [-0.25, -0.2) is 0 Å². The van der Waals surface area contributed by atoms with Crippen LogP contribution in [-0.4, -0.2) is 61.4 Å². The molecule has 2 heterocycles. The van der Waals surface area contributed by atoms with Gasteiger partial charge >= 0.3 is 0 Å². The molecule has 5 nitrogen and oxygen atoms in total. The fraction of sp³-hybridized carbons (Fsp3) is 0.556. The van der Waals surface area contributed by atoms with Gasteiger partial charge in [-0.15, -0.1) is 0 Å². The molecule has 124 valence electrons. The van der Waals surface area contributed by atoms with E-state index in [1.165, 1.54) is 5.56 Å². The van der Waals surface area contributed by atoms with Crippen molar-refractivity contribution in [1.82, 2.24) is 9.80 Å². The molecule has 0 radical (unpaired) electrons. The van der Waals surface area contributed by atoms with Crippen LogP contribution in [0.1, 0.15) is 18.9 Å².